The zero-order valence-electron chi connectivity index (χ0n) is 10.2. The standard InChI is InChI=1S/C10H14BF3O3Si/c1-18(2,3)17-9-5-7(10(12,13)14)4-8(6-9)11(15)16/h4-6,15-16H,1-3H3. The summed E-state index contributed by atoms with van der Waals surface area (Å²) in [5, 5.41) is 18.0. The van der Waals surface area contributed by atoms with Crippen LogP contribution in [0.1, 0.15) is 5.56 Å². The Labute approximate surface area is 104 Å². The third-order valence-electron chi connectivity index (χ3n) is 1.98. The number of hydrogen-bond acceptors (Lipinski definition) is 3. The molecular weight excluding hydrogens is 264 g/mol. The van der Waals surface area contributed by atoms with Gasteiger partial charge in [0.2, 0.25) is 8.32 Å². The van der Waals surface area contributed by atoms with Crippen LogP contribution < -0.4 is 9.89 Å². The van der Waals surface area contributed by atoms with E-state index in [1.807, 2.05) is 19.6 Å². The van der Waals surface area contributed by atoms with E-state index in [1.54, 1.807) is 0 Å². The molecule has 3 nitrogen and oxygen atoms in total. The summed E-state index contributed by atoms with van der Waals surface area (Å²) in [6.07, 6.45) is -4.55. The number of hydrogen-bond donors (Lipinski definition) is 2. The average molecular weight is 278 g/mol. The maximum absolute atomic E-state index is 12.6. The monoisotopic (exact) mass is 278 g/mol. The van der Waals surface area contributed by atoms with Crippen LogP contribution in [0.15, 0.2) is 18.2 Å². The van der Waals surface area contributed by atoms with Gasteiger partial charge in [-0.1, -0.05) is 0 Å². The first-order valence-corrected chi connectivity index (χ1v) is 8.67. The van der Waals surface area contributed by atoms with Gasteiger partial charge in [-0.3, -0.25) is 0 Å². The first-order chi connectivity index (χ1) is 7.99. The predicted molar refractivity (Wildman–Crippen MR) is 65.2 cm³/mol. The van der Waals surface area contributed by atoms with Gasteiger partial charge < -0.3 is 14.5 Å². The molecule has 18 heavy (non-hydrogen) atoms. The molecule has 0 aliphatic rings. The molecule has 0 aliphatic heterocycles. The highest BCUT2D eigenvalue weighted by molar-refractivity contribution is 6.70. The molecule has 0 aromatic heterocycles. The van der Waals surface area contributed by atoms with Crippen molar-refractivity contribution in [2.75, 3.05) is 0 Å². The van der Waals surface area contributed by atoms with Gasteiger partial charge in [-0.25, -0.2) is 0 Å². The Kier molecular flexibility index (Phi) is 4.14. The normalized spacial score (nSPS) is 12.4. The summed E-state index contributed by atoms with van der Waals surface area (Å²) in [6, 6.07) is 2.77. The Morgan fingerprint density at radius 3 is 2.06 bits per heavy atom. The van der Waals surface area contributed by atoms with Crippen molar-refractivity contribution in [3.63, 3.8) is 0 Å². The molecule has 8 heteroatoms. The van der Waals surface area contributed by atoms with Crippen molar-refractivity contribution < 1.29 is 27.6 Å². The predicted octanol–water partition coefficient (Wildman–Crippen LogP) is 1.60. The summed E-state index contributed by atoms with van der Waals surface area (Å²) in [6.45, 7) is 5.47. The second-order valence-corrected chi connectivity index (χ2v) is 9.31. The summed E-state index contributed by atoms with van der Waals surface area (Å²) in [7, 11) is -4.03. The molecule has 1 rings (SSSR count). The lowest BCUT2D eigenvalue weighted by Gasteiger charge is -2.21. The molecule has 0 saturated carbocycles. The lowest BCUT2D eigenvalue weighted by atomic mass is 9.79. The van der Waals surface area contributed by atoms with Gasteiger partial charge in [-0.05, 0) is 43.3 Å². The van der Waals surface area contributed by atoms with Gasteiger partial charge in [-0.15, -0.1) is 0 Å². The van der Waals surface area contributed by atoms with E-state index in [-0.39, 0.29) is 11.2 Å². The van der Waals surface area contributed by atoms with Crippen LogP contribution in [-0.2, 0) is 6.18 Å². The zero-order valence-corrected chi connectivity index (χ0v) is 11.2. The second-order valence-electron chi connectivity index (χ2n) is 4.88. The van der Waals surface area contributed by atoms with Crippen LogP contribution in [0.2, 0.25) is 19.6 Å². The van der Waals surface area contributed by atoms with E-state index < -0.39 is 27.2 Å². The van der Waals surface area contributed by atoms with Crippen LogP contribution in [0.3, 0.4) is 0 Å². The Balaban J connectivity index is 3.23. The highest BCUT2D eigenvalue weighted by Gasteiger charge is 2.33. The van der Waals surface area contributed by atoms with Crippen molar-refractivity contribution in [2.24, 2.45) is 0 Å². The minimum Gasteiger partial charge on any atom is -0.544 e. The number of rotatable bonds is 3. The van der Waals surface area contributed by atoms with Crippen LogP contribution >= 0.6 is 0 Å². The second kappa shape index (κ2) is 4.95. The smallest absolute Gasteiger partial charge is 0.488 e. The Morgan fingerprint density at radius 2 is 1.67 bits per heavy atom. The van der Waals surface area contributed by atoms with Gasteiger partial charge in [0.05, 0.1) is 5.56 Å². The van der Waals surface area contributed by atoms with Crippen molar-refractivity contribution in [3.8, 4) is 5.75 Å². The molecule has 0 heterocycles. The summed E-state index contributed by atoms with van der Waals surface area (Å²) in [5.74, 6) is 0.00657. The van der Waals surface area contributed by atoms with Crippen LogP contribution in [0.25, 0.3) is 0 Å². The fourth-order valence-corrected chi connectivity index (χ4v) is 2.17. The summed E-state index contributed by atoms with van der Waals surface area (Å²) in [4.78, 5) is 0. The van der Waals surface area contributed by atoms with Gasteiger partial charge in [0.15, 0.2) is 0 Å². The summed E-state index contributed by atoms with van der Waals surface area (Å²) in [5.41, 5.74) is -1.19. The van der Waals surface area contributed by atoms with E-state index in [9.17, 15) is 13.2 Å². The lowest BCUT2D eigenvalue weighted by molar-refractivity contribution is -0.137. The van der Waals surface area contributed by atoms with Crippen molar-refractivity contribution in [2.45, 2.75) is 25.8 Å². The molecule has 0 saturated heterocycles. The topological polar surface area (TPSA) is 49.7 Å². The molecule has 1 aromatic carbocycles. The molecular formula is C10H14BF3O3Si. The van der Waals surface area contributed by atoms with Crippen LogP contribution in [0.5, 0.6) is 5.75 Å². The van der Waals surface area contributed by atoms with Crippen LogP contribution in [-0.4, -0.2) is 25.5 Å². The van der Waals surface area contributed by atoms with Crippen molar-refractivity contribution in [1.82, 2.24) is 0 Å². The fourth-order valence-electron chi connectivity index (χ4n) is 1.35. The minimum absolute atomic E-state index is 0.00657. The van der Waals surface area contributed by atoms with Gasteiger partial charge in [0.25, 0.3) is 0 Å². The first-order valence-electron chi connectivity index (χ1n) is 5.26. The van der Waals surface area contributed by atoms with Crippen molar-refractivity contribution in [1.29, 1.82) is 0 Å². The molecule has 0 fully saturated rings. The first kappa shape index (κ1) is 15.1. The zero-order chi connectivity index (χ0) is 14.1. The molecule has 100 valence electrons. The van der Waals surface area contributed by atoms with E-state index in [0.717, 1.165) is 6.07 Å². The lowest BCUT2D eigenvalue weighted by Crippen LogP contribution is -2.33. The molecule has 2 N–H and O–H groups in total. The largest absolute Gasteiger partial charge is 0.544 e. The summed E-state index contributed by atoms with van der Waals surface area (Å²) >= 11 is 0. The molecule has 0 amide bonds. The molecule has 0 unspecified atom stereocenters. The van der Waals surface area contributed by atoms with Crippen molar-refractivity contribution >= 4 is 20.9 Å². The van der Waals surface area contributed by atoms with E-state index in [1.165, 1.54) is 6.07 Å². The molecule has 0 bridgehead atoms. The van der Waals surface area contributed by atoms with E-state index in [4.69, 9.17) is 14.5 Å². The van der Waals surface area contributed by atoms with Gasteiger partial charge in [0.1, 0.15) is 5.75 Å². The fraction of sp³-hybridized carbons (Fsp3) is 0.400. The van der Waals surface area contributed by atoms with Gasteiger partial charge >= 0.3 is 13.3 Å². The SMILES string of the molecule is C[Si](C)(C)Oc1cc(B(O)O)cc(C(F)(F)F)c1. The highest BCUT2D eigenvalue weighted by Crippen LogP contribution is 2.31. The van der Waals surface area contributed by atoms with Crippen LogP contribution in [0.4, 0.5) is 13.2 Å². The van der Waals surface area contributed by atoms with Crippen LogP contribution in [0, 0.1) is 0 Å². The third kappa shape index (κ3) is 4.36. The third-order valence-corrected chi connectivity index (χ3v) is 2.83. The number of alkyl halides is 3. The molecule has 0 atom stereocenters. The van der Waals surface area contributed by atoms with E-state index in [2.05, 4.69) is 0 Å². The molecule has 1 aromatic rings. The minimum atomic E-state index is -4.55. The van der Waals surface area contributed by atoms with Gasteiger partial charge in [0, 0.05) is 0 Å². The Hall–Kier alpha value is -0.988. The quantitative estimate of drug-likeness (QED) is 0.826. The Morgan fingerprint density at radius 1 is 1.11 bits per heavy atom. The van der Waals surface area contributed by atoms with Crippen molar-refractivity contribution in [3.05, 3.63) is 23.8 Å². The van der Waals surface area contributed by atoms with E-state index >= 15 is 0 Å². The number of benzene rings is 1. The molecule has 0 aliphatic carbocycles. The number of halogens is 3. The summed E-state index contributed by atoms with van der Waals surface area (Å²) < 4.78 is 43.4. The highest BCUT2D eigenvalue weighted by atomic mass is 28.4. The average Bonchev–Trinajstić information content (AvgIpc) is 2.12. The maximum Gasteiger partial charge on any atom is 0.488 e. The van der Waals surface area contributed by atoms with E-state index in [0.29, 0.717) is 6.07 Å². The molecule has 0 spiro atoms. The maximum atomic E-state index is 12.6. The molecule has 0 radical (unpaired) electrons. The Bertz CT molecular complexity index is 429. The van der Waals surface area contributed by atoms with Gasteiger partial charge in [-0.2, -0.15) is 13.2 Å².